The Labute approximate surface area is 175 Å². The van der Waals surface area contributed by atoms with Gasteiger partial charge in [-0.05, 0) is 44.4 Å². The van der Waals surface area contributed by atoms with Crippen molar-refractivity contribution >= 4 is 17.8 Å². The Bertz CT molecular complexity index is 853. The quantitative estimate of drug-likeness (QED) is 0.555. The van der Waals surface area contributed by atoms with Crippen molar-refractivity contribution < 1.29 is 23.9 Å². The van der Waals surface area contributed by atoms with Crippen molar-refractivity contribution in [2.24, 2.45) is 0 Å². The van der Waals surface area contributed by atoms with Crippen LogP contribution < -0.4 is 9.47 Å². The molecule has 3 fully saturated rings. The standard InChI is InChI=1S/C22H27N3O5/c26-20-21(27)25(22(28)24(20)15-6-1-2-7-15)16-8-5-11-23(12-16)13-17-14-29-18-9-3-4-10-19(18)30-17/h3-4,9-10,15-17H,1-2,5-8,11-14H2/t16-,17-/m0/s1. The number of amides is 4. The van der Waals surface area contributed by atoms with E-state index in [4.69, 9.17) is 9.47 Å². The Morgan fingerprint density at radius 3 is 2.30 bits per heavy atom. The molecule has 30 heavy (non-hydrogen) atoms. The highest BCUT2D eigenvalue weighted by molar-refractivity contribution is 6.44. The molecule has 160 valence electrons. The van der Waals surface area contributed by atoms with E-state index in [1.54, 1.807) is 0 Å². The Kier molecular flexibility index (Phi) is 5.10. The van der Waals surface area contributed by atoms with Gasteiger partial charge >= 0.3 is 17.8 Å². The van der Waals surface area contributed by atoms with Crippen LogP contribution in [0.5, 0.6) is 11.5 Å². The van der Waals surface area contributed by atoms with Gasteiger partial charge in [-0.15, -0.1) is 0 Å². The molecule has 2 saturated heterocycles. The summed E-state index contributed by atoms with van der Waals surface area (Å²) in [6.07, 6.45) is 5.08. The summed E-state index contributed by atoms with van der Waals surface area (Å²) < 4.78 is 11.9. The summed E-state index contributed by atoms with van der Waals surface area (Å²) in [4.78, 5) is 42.9. The predicted octanol–water partition coefficient (Wildman–Crippen LogP) is 2.02. The van der Waals surface area contributed by atoms with Gasteiger partial charge in [0.1, 0.15) is 12.7 Å². The number of carbonyl (C=O) groups excluding carboxylic acids is 3. The molecular weight excluding hydrogens is 386 g/mol. The lowest BCUT2D eigenvalue weighted by Crippen LogP contribution is -2.53. The minimum absolute atomic E-state index is 0.111. The molecule has 1 aromatic carbocycles. The molecular formula is C22H27N3O5. The maximum Gasteiger partial charge on any atom is 0.334 e. The first-order valence-electron chi connectivity index (χ1n) is 10.9. The number of fused-ring (bicyclic) bond motifs is 1. The van der Waals surface area contributed by atoms with Crippen LogP contribution in [0.4, 0.5) is 4.79 Å². The molecule has 0 spiro atoms. The van der Waals surface area contributed by atoms with Gasteiger partial charge in [-0.25, -0.2) is 4.79 Å². The van der Waals surface area contributed by atoms with E-state index in [0.717, 1.165) is 56.6 Å². The van der Waals surface area contributed by atoms with Gasteiger partial charge in [0, 0.05) is 19.1 Å². The zero-order valence-electron chi connectivity index (χ0n) is 17.0. The second kappa shape index (κ2) is 7.91. The Balaban J connectivity index is 1.24. The second-order valence-corrected chi connectivity index (χ2v) is 8.62. The zero-order chi connectivity index (χ0) is 20.7. The summed E-state index contributed by atoms with van der Waals surface area (Å²) in [5.74, 6) is 0.184. The van der Waals surface area contributed by atoms with Gasteiger partial charge in [0.15, 0.2) is 11.5 Å². The molecule has 3 heterocycles. The Morgan fingerprint density at radius 2 is 1.53 bits per heavy atom. The SMILES string of the molecule is O=C1C(=O)N([C@H]2CCCN(C[C@H]3COc4ccccc4O3)C2)C(=O)N1C1CCCC1. The van der Waals surface area contributed by atoms with Gasteiger partial charge in [-0.1, -0.05) is 25.0 Å². The number of imide groups is 2. The summed E-state index contributed by atoms with van der Waals surface area (Å²) in [5, 5.41) is 0. The zero-order valence-corrected chi connectivity index (χ0v) is 17.0. The third kappa shape index (κ3) is 3.43. The number of rotatable bonds is 4. The Hall–Kier alpha value is -2.61. The maximum absolute atomic E-state index is 13.0. The van der Waals surface area contributed by atoms with Crippen LogP contribution in [0.15, 0.2) is 24.3 Å². The first-order chi connectivity index (χ1) is 14.6. The summed E-state index contributed by atoms with van der Waals surface area (Å²) in [5.41, 5.74) is 0. The first kappa shape index (κ1) is 19.4. The summed E-state index contributed by atoms with van der Waals surface area (Å²) in [6, 6.07) is 6.80. The van der Waals surface area contributed by atoms with Gasteiger partial charge in [-0.2, -0.15) is 0 Å². The summed E-state index contributed by atoms with van der Waals surface area (Å²) in [6.45, 7) is 2.55. The van der Waals surface area contributed by atoms with Crippen molar-refractivity contribution in [1.29, 1.82) is 0 Å². The second-order valence-electron chi connectivity index (χ2n) is 8.62. The van der Waals surface area contributed by atoms with Crippen LogP contribution >= 0.6 is 0 Å². The maximum atomic E-state index is 13.0. The lowest BCUT2D eigenvalue weighted by Gasteiger charge is -2.38. The smallest absolute Gasteiger partial charge is 0.334 e. The number of piperidine rings is 1. The number of ether oxygens (including phenoxy) is 2. The van der Waals surface area contributed by atoms with Crippen LogP contribution in [-0.2, 0) is 9.59 Å². The number of benzene rings is 1. The average molecular weight is 413 g/mol. The highest BCUT2D eigenvalue weighted by atomic mass is 16.6. The molecule has 1 aliphatic carbocycles. The van der Waals surface area contributed by atoms with E-state index in [0.29, 0.717) is 19.7 Å². The fourth-order valence-electron chi connectivity index (χ4n) is 5.15. The van der Waals surface area contributed by atoms with Gasteiger partial charge < -0.3 is 9.47 Å². The third-order valence-corrected chi connectivity index (χ3v) is 6.60. The highest BCUT2D eigenvalue weighted by Gasteiger charge is 2.51. The van der Waals surface area contributed by atoms with Crippen molar-refractivity contribution in [3.8, 4) is 11.5 Å². The van der Waals surface area contributed by atoms with Crippen LogP contribution in [0.3, 0.4) is 0 Å². The van der Waals surface area contributed by atoms with Crippen molar-refractivity contribution in [3.05, 3.63) is 24.3 Å². The van der Waals surface area contributed by atoms with Crippen LogP contribution in [0.2, 0.25) is 0 Å². The van der Waals surface area contributed by atoms with Crippen molar-refractivity contribution in [3.63, 3.8) is 0 Å². The molecule has 0 unspecified atom stereocenters. The molecule has 3 aliphatic heterocycles. The van der Waals surface area contributed by atoms with Crippen LogP contribution in [0.1, 0.15) is 38.5 Å². The van der Waals surface area contributed by atoms with Crippen LogP contribution in [0, 0.1) is 0 Å². The number of hydrogen-bond donors (Lipinski definition) is 0. The molecule has 4 aliphatic rings. The first-order valence-corrected chi connectivity index (χ1v) is 10.9. The fourth-order valence-corrected chi connectivity index (χ4v) is 5.15. The van der Waals surface area contributed by atoms with Crippen LogP contribution in [0.25, 0.3) is 0 Å². The largest absolute Gasteiger partial charge is 0.486 e. The number of urea groups is 1. The summed E-state index contributed by atoms with van der Waals surface area (Å²) in [7, 11) is 0. The van der Waals surface area contributed by atoms with Gasteiger partial charge in [0.25, 0.3) is 0 Å². The van der Waals surface area contributed by atoms with E-state index >= 15 is 0 Å². The van der Waals surface area contributed by atoms with E-state index < -0.39 is 17.8 Å². The third-order valence-electron chi connectivity index (χ3n) is 6.60. The molecule has 2 atom stereocenters. The van der Waals surface area contributed by atoms with E-state index in [1.165, 1.54) is 9.80 Å². The van der Waals surface area contributed by atoms with Gasteiger partial charge in [-0.3, -0.25) is 24.3 Å². The molecule has 0 bridgehead atoms. The number of nitrogens with zero attached hydrogens (tertiary/aromatic N) is 3. The van der Waals surface area contributed by atoms with Crippen LogP contribution in [-0.4, -0.2) is 77.0 Å². The van der Waals surface area contributed by atoms with Crippen molar-refractivity contribution in [1.82, 2.24) is 14.7 Å². The fraction of sp³-hybridized carbons (Fsp3) is 0.591. The lowest BCUT2D eigenvalue weighted by atomic mass is 10.0. The highest BCUT2D eigenvalue weighted by Crippen LogP contribution is 2.32. The predicted molar refractivity (Wildman–Crippen MR) is 107 cm³/mol. The monoisotopic (exact) mass is 413 g/mol. The van der Waals surface area contributed by atoms with Crippen molar-refractivity contribution in [2.45, 2.75) is 56.7 Å². The molecule has 5 rings (SSSR count). The molecule has 4 amide bonds. The van der Waals surface area contributed by atoms with E-state index in [-0.39, 0.29) is 18.2 Å². The van der Waals surface area contributed by atoms with Gasteiger partial charge in [0.2, 0.25) is 0 Å². The molecule has 0 N–H and O–H groups in total. The number of hydrogen-bond acceptors (Lipinski definition) is 6. The normalized spacial score (nSPS) is 27.9. The summed E-state index contributed by atoms with van der Waals surface area (Å²) >= 11 is 0. The van der Waals surface area contributed by atoms with Gasteiger partial charge in [0.05, 0.1) is 6.04 Å². The molecule has 1 saturated carbocycles. The molecule has 8 nitrogen and oxygen atoms in total. The molecule has 0 radical (unpaired) electrons. The topological polar surface area (TPSA) is 79.4 Å². The van der Waals surface area contributed by atoms with E-state index in [1.807, 2.05) is 24.3 Å². The minimum Gasteiger partial charge on any atom is -0.486 e. The number of likely N-dealkylation sites (tertiary alicyclic amines) is 1. The number of carbonyl (C=O) groups is 3. The molecule has 1 aromatic rings. The van der Waals surface area contributed by atoms with E-state index in [9.17, 15) is 14.4 Å². The lowest BCUT2D eigenvalue weighted by molar-refractivity contribution is -0.145. The molecule has 8 heteroatoms. The van der Waals surface area contributed by atoms with E-state index in [2.05, 4.69) is 4.90 Å². The Morgan fingerprint density at radius 1 is 0.867 bits per heavy atom. The molecule has 0 aromatic heterocycles. The minimum atomic E-state index is -0.662. The van der Waals surface area contributed by atoms with Crippen molar-refractivity contribution in [2.75, 3.05) is 26.2 Å². The number of para-hydroxylation sites is 2. The average Bonchev–Trinajstić information content (AvgIpc) is 3.35.